The standard InChI is InChI=1S/C22H15FO5/c1-26-17-10-11-19-18(12-17)20(22(24)25)21(28-19)13-2-6-15(7-3-13)27-16-8-4-14(23)5-9-16/h2-12H,1H3,(H,24,25). The summed E-state index contributed by atoms with van der Waals surface area (Å²) in [6.45, 7) is 0. The molecule has 4 aromatic rings. The van der Waals surface area contributed by atoms with Crippen LogP contribution in [0.25, 0.3) is 22.3 Å². The van der Waals surface area contributed by atoms with Gasteiger partial charge in [0.05, 0.1) is 7.11 Å². The van der Waals surface area contributed by atoms with Crippen LogP contribution in [0.2, 0.25) is 0 Å². The molecule has 0 radical (unpaired) electrons. The van der Waals surface area contributed by atoms with E-state index in [9.17, 15) is 14.3 Å². The van der Waals surface area contributed by atoms with Crippen LogP contribution in [-0.4, -0.2) is 18.2 Å². The number of furan rings is 1. The first-order valence-corrected chi connectivity index (χ1v) is 8.43. The van der Waals surface area contributed by atoms with Crippen molar-refractivity contribution in [3.8, 4) is 28.6 Å². The minimum Gasteiger partial charge on any atom is -0.497 e. The van der Waals surface area contributed by atoms with Crippen LogP contribution in [0.1, 0.15) is 10.4 Å². The van der Waals surface area contributed by atoms with E-state index in [1.54, 1.807) is 42.5 Å². The van der Waals surface area contributed by atoms with E-state index in [0.717, 1.165) is 0 Å². The highest BCUT2D eigenvalue weighted by Gasteiger charge is 2.22. The summed E-state index contributed by atoms with van der Waals surface area (Å²) in [5.74, 6) is 0.398. The normalized spacial score (nSPS) is 10.8. The SMILES string of the molecule is COc1ccc2oc(-c3ccc(Oc4ccc(F)cc4)cc3)c(C(=O)O)c2c1. The summed E-state index contributed by atoms with van der Waals surface area (Å²) < 4.78 is 29.6. The van der Waals surface area contributed by atoms with Crippen LogP contribution in [-0.2, 0) is 0 Å². The van der Waals surface area contributed by atoms with Crippen molar-refractivity contribution < 1.29 is 28.2 Å². The number of carboxylic acid groups (broad SMARTS) is 1. The molecule has 0 spiro atoms. The van der Waals surface area contributed by atoms with Gasteiger partial charge in [-0.2, -0.15) is 0 Å². The minimum absolute atomic E-state index is 0.0705. The summed E-state index contributed by atoms with van der Waals surface area (Å²) in [7, 11) is 1.52. The Labute approximate surface area is 159 Å². The summed E-state index contributed by atoms with van der Waals surface area (Å²) in [4.78, 5) is 11.8. The number of halogens is 1. The topological polar surface area (TPSA) is 68.9 Å². The molecule has 140 valence electrons. The molecule has 0 amide bonds. The average Bonchev–Trinajstić information content (AvgIpc) is 3.09. The second-order valence-electron chi connectivity index (χ2n) is 6.05. The van der Waals surface area contributed by atoms with Crippen LogP contribution >= 0.6 is 0 Å². The van der Waals surface area contributed by atoms with E-state index in [1.165, 1.54) is 31.4 Å². The Kier molecular flexibility index (Phi) is 4.45. The van der Waals surface area contributed by atoms with Crippen LogP contribution in [0.4, 0.5) is 4.39 Å². The number of benzene rings is 3. The van der Waals surface area contributed by atoms with Gasteiger partial charge in [0.25, 0.3) is 0 Å². The first-order chi connectivity index (χ1) is 13.5. The number of carbonyl (C=O) groups is 1. The Hall–Kier alpha value is -3.80. The van der Waals surface area contributed by atoms with Gasteiger partial charge in [-0.3, -0.25) is 0 Å². The molecule has 0 saturated carbocycles. The molecule has 1 aromatic heterocycles. The molecular formula is C22H15FO5. The number of carboxylic acids is 1. The van der Waals surface area contributed by atoms with Crippen molar-refractivity contribution in [1.29, 1.82) is 0 Å². The predicted octanol–water partition coefficient (Wildman–Crippen LogP) is 5.74. The fourth-order valence-electron chi connectivity index (χ4n) is 2.93. The van der Waals surface area contributed by atoms with E-state index in [0.29, 0.717) is 33.8 Å². The zero-order valence-corrected chi connectivity index (χ0v) is 14.8. The number of methoxy groups -OCH3 is 1. The van der Waals surface area contributed by atoms with Crippen molar-refractivity contribution in [1.82, 2.24) is 0 Å². The molecule has 0 unspecified atom stereocenters. The Bertz CT molecular complexity index is 1140. The highest BCUT2D eigenvalue weighted by Crippen LogP contribution is 2.36. The molecule has 3 aromatic carbocycles. The van der Waals surface area contributed by atoms with E-state index in [-0.39, 0.29) is 17.1 Å². The fraction of sp³-hybridized carbons (Fsp3) is 0.0455. The maximum absolute atomic E-state index is 13.0. The number of ether oxygens (including phenoxy) is 2. The lowest BCUT2D eigenvalue weighted by atomic mass is 10.1. The summed E-state index contributed by atoms with van der Waals surface area (Å²) in [6.07, 6.45) is 0. The highest BCUT2D eigenvalue weighted by molar-refractivity contribution is 6.08. The van der Waals surface area contributed by atoms with Gasteiger partial charge in [-0.25, -0.2) is 9.18 Å². The van der Waals surface area contributed by atoms with Gasteiger partial charge in [0.15, 0.2) is 0 Å². The summed E-state index contributed by atoms with van der Waals surface area (Å²) in [5, 5.41) is 10.2. The van der Waals surface area contributed by atoms with Crippen molar-refractivity contribution in [3.63, 3.8) is 0 Å². The molecule has 1 heterocycles. The van der Waals surface area contributed by atoms with E-state index in [1.807, 2.05) is 0 Å². The first-order valence-electron chi connectivity index (χ1n) is 8.43. The van der Waals surface area contributed by atoms with Crippen LogP contribution in [0.15, 0.2) is 71.1 Å². The van der Waals surface area contributed by atoms with Crippen LogP contribution < -0.4 is 9.47 Å². The lowest BCUT2D eigenvalue weighted by molar-refractivity contribution is 0.0699. The molecule has 5 nitrogen and oxygen atoms in total. The molecule has 0 bridgehead atoms. The molecule has 0 aliphatic carbocycles. The lowest BCUT2D eigenvalue weighted by Gasteiger charge is -2.06. The highest BCUT2D eigenvalue weighted by atomic mass is 19.1. The van der Waals surface area contributed by atoms with Gasteiger partial charge >= 0.3 is 5.97 Å². The van der Waals surface area contributed by atoms with Crippen molar-refractivity contribution in [3.05, 3.63) is 78.1 Å². The molecular weight excluding hydrogens is 363 g/mol. The van der Waals surface area contributed by atoms with E-state index in [2.05, 4.69) is 0 Å². The third-order valence-corrected chi connectivity index (χ3v) is 4.27. The van der Waals surface area contributed by atoms with Crippen molar-refractivity contribution >= 4 is 16.9 Å². The van der Waals surface area contributed by atoms with Crippen LogP contribution in [0, 0.1) is 5.82 Å². The number of hydrogen-bond donors (Lipinski definition) is 1. The third-order valence-electron chi connectivity index (χ3n) is 4.27. The number of rotatable bonds is 5. The predicted molar refractivity (Wildman–Crippen MR) is 102 cm³/mol. The second-order valence-corrected chi connectivity index (χ2v) is 6.05. The summed E-state index contributed by atoms with van der Waals surface area (Å²) in [6, 6.07) is 17.5. The van der Waals surface area contributed by atoms with Gasteiger partial charge in [-0.1, -0.05) is 0 Å². The van der Waals surface area contributed by atoms with Gasteiger partial charge in [0, 0.05) is 10.9 Å². The number of aromatic carboxylic acids is 1. The minimum atomic E-state index is -1.09. The van der Waals surface area contributed by atoms with Crippen molar-refractivity contribution in [2.75, 3.05) is 7.11 Å². The first kappa shape index (κ1) is 17.6. The monoisotopic (exact) mass is 378 g/mol. The zero-order valence-electron chi connectivity index (χ0n) is 14.8. The Morgan fingerprint density at radius 3 is 2.14 bits per heavy atom. The van der Waals surface area contributed by atoms with E-state index in [4.69, 9.17) is 13.9 Å². The van der Waals surface area contributed by atoms with Gasteiger partial charge in [-0.15, -0.1) is 0 Å². The zero-order chi connectivity index (χ0) is 19.7. The van der Waals surface area contributed by atoms with Gasteiger partial charge in [-0.05, 0) is 66.7 Å². The number of hydrogen-bond acceptors (Lipinski definition) is 4. The summed E-state index contributed by atoms with van der Waals surface area (Å²) >= 11 is 0. The van der Waals surface area contributed by atoms with Crippen molar-refractivity contribution in [2.45, 2.75) is 0 Å². The fourth-order valence-corrected chi connectivity index (χ4v) is 2.93. The van der Waals surface area contributed by atoms with Crippen LogP contribution in [0.5, 0.6) is 17.2 Å². The molecule has 0 aliphatic rings. The maximum atomic E-state index is 13.0. The molecule has 0 atom stereocenters. The molecule has 0 aliphatic heterocycles. The largest absolute Gasteiger partial charge is 0.497 e. The van der Waals surface area contributed by atoms with Crippen molar-refractivity contribution in [2.24, 2.45) is 0 Å². The lowest BCUT2D eigenvalue weighted by Crippen LogP contribution is -1.97. The van der Waals surface area contributed by atoms with Gasteiger partial charge in [0.1, 0.15) is 40.0 Å². The maximum Gasteiger partial charge on any atom is 0.340 e. The quantitative estimate of drug-likeness (QED) is 0.480. The Morgan fingerprint density at radius 2 is 1.54 bits per heavy atom. The molecule has 6 heteroatoms. The van der Waals surface area contributed by atoms with E-state index >= 15 is 0 Å². The third kappa shape index (κ3) is 3.27. The Morgan fingerprint density at radius 1 is 0.929 bits per heavy atom. The number of fused-ring (bicyclic) bond motifs is 1. The molecule has 0 fully saturated rings. The second kappa shape index (κ2) is 7.08. The molecule has 28 heavy (non-hydrogen) atoms. The Balaban J connectivity index is 1.70. The van der Waals surface area contributed by atoms with Crippen LogP contribution in [0.3, 0.4) is 0 Å². The molecule has 4 rings (SSSR count). The molecule has 0 saturated heterocycles. The smallest absolute Gasteiger partial charge is 0.340 e. The average molecular weight is 378 g/mol. The van der Waals surface area contributed by atoms with E-state index < -0.39 is 5.97 Å². The van der Waals surface area contributed by atoms with Gasteiger partial charge < -0.3 is 19.0 Å². The summed E-state index contributed by atoms with van der Waals surface area (Å²) in [5.41, 5.74) is 1.12. The van der Waals surface area contributed by atoms with Gasteiger partial charge in [0.2, 0.25) is 0 Å². The molecule has 1 N–H and O–H groups in total.